The van der Waals surface area contributed by atoms with E-state index in [1.165, 1.54) is 6.07 Å². The van der Waals surface area contributed by atoms with E-state index in [1.54, 1.807) is 18.3 Å². The third-order valence-corrected chi connectivity index (χ3v) is 5.83. The maximum atomic E-state index is 14.4. The number of benzene rings is 2. The van der Waals surface area contributed by atoms with Gasteiger partial charge in [0.2, 0.25) is 5.95 Å². The van der Waals surface area contributed by atoms with Gasteiger partial charge in [0.1, 0.15) is 0 Å². The molecule has 1 aromatic heterocycles. The Bertz CT molecular complexity index is 1200. The highest BCUT2D eigenvalue weighted by molar-refractivity contribution is 5.83. The highest BCUT2D eigenvalue weighted by atomic mass is 19.4. The SMILES string of the molecule is CCc1cc(Nc2cccc(C(F)(F)F)c2)ccc1/C=N\Nc1ncc(F)c(N(CC)C(C)CC)n1. The maximum absolute atomic E-state index is 14.4. The van der Waals surface area contributed by atoms with E-state index in [0.717, 1.165) is 35.9 Å². The number of hydrazone groups is 1. The summed E-state index contributed by atoms with van der Waals surface area (Å²) in [4.78, 5) is 10.1. The molecule has 192 valence electrons. The van der Waals surface area contributed by atoms with Crippen LogP contribution in [0.1, 0.15) is 50.8 Å². The second kappa shape index (κ2) is 11.8. The van der Waals surface area contributed by atoms with Gasteiger partial charge in [0, 0.05) is 24.0 Å². The van der Waals surface area contributed by atoms with Gasteiger partial charge < -0.3 is 10.2 Å². The van der Waals surface area contributed by atoms with Gasteiger partial charge in [-0.1, -0.05) is 26.0 Å². The van der Waals surface area contributed by atoms with Crippen LogP contribution in [-0.4, -0.2) is 28.8 Å². The Morgan fingerprint density at radius 2 is 1.83 bits per heavy atom. The molecule has 1 unspecified atom stereocenters. The zero-order valence-electron chi connectivity index (χ0n) is 20.7. The van der Waals surface area contributed by atoms with Crippen molar-refractivity contribution in [3.05, 3.63) is 71.2 Å². The van der Waals surface area contributed by atoms with E-state index >= 15 is 0 Å². The minimum absolute atomic E-state index is 0.117. The summed E-state index contributed by atoms with van der Waals surface area (Å²) in [5.74, 6) is -0.104. The molecule has 0 saturated carbocycles. The molecule has 10 heteroatoms. The topological polar surface area (TPSA) is 65.4 Å². The van der Waals surface area contributed by atoms with Crippen molar-refractivity contribution in [1.82, 2.24) is 9.97 Å². The van der Waals surface area contributed by atoms with Gasteiger partial charge in [-0.2, -0.15) is 23.3 Å². The maximum Gasteiger partial charge on any atom is 0.416 e. The molecule has 0 radical (unpaired) electrons. The monoisotopic (exact) mass is 502 g/mol. The van der Waals surface area contributed by atoms with Crippen LogP contribution in [0, 0.1) is 5.82 Å². The van der Waals surface area contributed by atoms with E-state index in [0.29, 0.717) is 24.3 Å². The zero-order chi connectivity index (χ0) is 26.3. The molecule has 0 aliphatic heterocycles. The average molecular weight is 503 g/mol. The fraction of sp³-hybridized carbons (Fsp3) is 0.346. The van der Waals surface area contributed by atoms with Crippen molar-refractivity contribution in [3.8, 4) is 0 Å². The first-order valence-corrected chi connectivity index (χ1v) is 11.8. The second-order valence-electron chi connectivity index (χ2n) is 8.25. The van der Waals surface area contributed by atoms with E-state index in [9.17, 15) is 17.6 Å². The first-order valence-electron chi connectivity index (χ1n) is 11.8. The van der Waals surface area contributed by atoms with Crippen molar-refractivity contribution in [1.29, 1.82) is 0 Å². The minimum Gasteiger partial charge on any atom is -0.356 e. The molecule has 0 aliphatic carbocycles. The highest BCUT2D eigenvalue weighted by Crippen LogP contribution is 2.31. The lowest BCUT2D eigenvalue weighted by molar-refractivity contribution is -0.137. The predicted octanol–water partition coefficient (Wildman–Crippen LogP) is 7.01. The van der Waals surface area contributed by atoms with Gasteiger partial charge in [0.05, 0.1) is 18.0 Å². The van der Waals surface area contributed by atoms with Crippen LogP contribution < -0.4 is 15.6 Å². The lowest BCUT2D eigenvalue weighted by Gasteiger charge is -2.28. The summed E-state index contributed by atoms with van der Waals surface area (Å²) in [6, 6.07) is 10.6. The number of alkyl halides is 3. The molecule has 0 fully saturated rings. The molecule has 3 aromatic rings. The number of aryl methyl sites for hydroxylation is 1. The molecular weight excluding hydrogens is 472 g/mol. The van der Waals surface area contributed by atoms with E-state index in [1.807, 2.05) is 44.7 Å². The normalized spacial score (nSPS) is 12.6. The Morgan fingerprint density at radius 3 is 2.50 bits per heavy atom. The Balaban J connectivity index is 1.74. The fourth-order valence-electron chi connectivity index (χ4n) is 3.72. The molecule has 1 atom stereocenters. The Morgan fingerprint density at radius 1 is 1.08 bits per heavy atom. The van der Waals surface area contributed by atoms with Crippen molar-refractivity contribution in [2.75, 3.05) is 22.2 Å². The summed E-state index contributed by atoms with van der Waals surface area (Å²) in [5, 5.41) is 7.23. The molecule has 3 rings (SSSR count). The van der Waals surface area contributed by atoms with Gasteiger partial charge in [0.25, 0.3) is 0 Å². The van der Waals surface area contributed by atoms with Crippen LogP contribution in [0.25, 0.3) is 0 Å². The largest absolute Gasteiger partial charge is 0.416 e. The Labute approximate surface area is 208 Å². The van der Waals surface area contributed by atoms with Gasteiger partial charge >= 0.3 is 6.18 Å². The second-order valence-corrected chi connectivity index (χ2v) is 8.25. The molecule has 36 heavy (non-hydrogen) atoms. The number of halogens is 4. The molecular formula is C26H30F4N6. The van der Waals surface area contributed by atoms with Crippen LogP contribution in [-0.2, 0) is 12.6 Å². The van der Waals surface area contributed by atoms with Gasteiger partial charge in [-0.25, -0.2) is 14.8 Å². The number of nitrogens with zero attached hydrogens (tertiary/aromatic N) is 4. The number of hydrogen-bond acceptors (Lipinski definition) is 6. The van der Waals surface area contributed by atoms with Crippen molar-refractivity contribution >= 4 is 29.4 Å². The van der Waals surface area contributed by atoms with E-state index in [-0.39, 0.29) is 17.8 Å². The summed E-state index contributed by atoms with van der Waals surface area (Å²) in [6.07, 6.45) is -0.159. The van der Waals surface area contributed by atoms with E-state index < -0.39 is 17.6 Å². The Hall–Kier alpha value is -3.69. The van der Waals surface area contributed by atoms with Crippen LogP contribution in [0.15, 0.2) is 53.8 Å². The lowest BCUT2D eigenvalue weighted by Crippen LogP contribution is -2.34. The van der Waals surface area contributed by atoms with Crippen molar-refractivity contribution < 1.29 is 17.6 Å². The zero-order valence-corrected chi connectivity index (χ0v) is 20.7. The van der Waals surface area contributed by atoms with Gasteiger partial charge in [-0.05, 0) is 68.1 Å². The van der Waals surface area contributed by atoms with Gasteiger partial charge in [-0.15, -0.1) is 0 Å². The van der Waals surface area contributed by atoms with Gasteiger partial charge in [0.15, 0.2) is 11.6 Å². The average Bonchev–Trinajstić information content (AvgIpc) is 2.86. The van der Waals surface area contributed by atoms with Crippen LogP contribution in [0.5, 0.6) is 0 Å². The quantitative estimate of drug-likeness (QED) is 0.177. The molecule has 1 heterocycles. The molecule has 0 saturated heterocycles. The number of hydrogen-bond donors (Lipinski definition) is 2. The number of anilines is 4. The first-order chi connectivity index (χ1) is 17.2. The molecule has 0 aliphatic rings. The predicted molar refractivity (Wildman–Crippen MR) is 137 cm³/mol. The smallest absolute Gasteiger partial charge is 0.356 e. The molecule has 0 bridgehead atoms. The van der Waals surface area contributed by atoms with E-state index in [4.69, 9.17) is 0 Å². The van der Waals surface area contributed by atoms with Crippen LogP contribution in [0.3, 0.4) is 0 Å². The standard InChI is InChI=1S/C26H30F4N6/c1-5-17(4)36(7-3)24-23(27)16-31-25(34-24)35-32-15-19-11-12-22(13-18(19)6-2)33-21-10-8-9-20(14-21)26(28,29)30/h8-17,33H,5-7H2,1-4H3,(H,31,34,35)/b32-15-. The molecule has 2 N–H and O–H groups in total. The first kappa shape index (κ1) is 26.9. The van der Waals surface area contributed by atoms with Gasteiger partial charge in [-0.3, -0.25) is 0 Å². The number of nitrogens with one attached hydrogen (secondary N) is 2. The van der Waals surface area contributed by atoms with E-state index in [2.05, 4.69) is 25.8 Å². The summed E-state index contributed by atoms with van der Waals surface area (Å²) in [7, 11) is 0. The van der Waals surface area contributed by atoms with Crippen LogP contribution in [0.2, 0.25) is 0 Å². The Kier molecular flexibility index (Phi) is 8.84. The third kappa shape index (κ3) is 6.71. The highest BCUT2D eigenvalue weighted by Gasteiger charge is 2.30. The van der Waals surface area contributed by atoms with Crippen molar-refractivity contribution in [3.63, 3.8) is 0 Å². The summed E-state index contributed by atoms with van der Waals surface area (Å²) in [6.45, 7) is 8.55. The summed E-state index contributed by atoms with van der Waals surface area (Å²) >= 11 is 0. The van der Waals surface area contributed by atoms with Crippen molar-refractivity contribution in [2.24, 2.45) is 5.10 Å². The minimum atomic E-state index is -4.41. The molecule has 0 spiro atoms. The number of rotatable bonds is 10. The van der Waals surface area contributed by atoms with Crippen LogP contribution in [0.4, 0.5) is 40.7 Å². The molecule has 0 amide bonds. The van der Waals surface area contributed by atoms with Crippen molar-refractivity contribution in [2.45, 2.75) is 52.8 Å². The summed E-state index contributed by atoms with van der Waals surface area (Å²) < 4.78 is 53.3. The lowest BCUT2D eigenvalue weighted by atomic mass is 10.0. The molecule has 6 nitrogen and oxygen atoms in total. The molecule has 2 aromatic carbocycles. The van der Waals surface area contributed by atoms with Crippen LogP contribution >= 0.6 is 0 Å². The fourth-order valence-corrected chi connectivity index (χ4v) is 3.72. The number of aromatic nitrogens is 2. The summed E-state index contributed by atoms with van der Waals surface area (Å²) in [5.41, 5.74) is 4.80. The third-order valence-electron chi connectivity index (χ3n) is 5.83.